The van der Waals surface area contributed by atoms with E-state index in [4.69, 9.17) is 5.11 Å². The maximum absolute atomic E-state index is 8.97. The molecule has 1 rings (SSSR count). The van der Waals surface area contributed by atoms with Gasteiger partial charge < -0.3 is 5.11 Å². The van der Waals surface area contributed by atoms with Gasteiger partial charge in [-0.1, -0.05) is 50.2 Å². The molecule has 0 aromatic carbocycles. The molecule has 0 aromatic heterocycles. The van der Waals surface area contributed by atoms with Crippen molar-refractivity contribution in [2.45, 2.75) is 70.6 Å². The molecule has 15 heavy (non-hydrogen) atoms. The topological polar surface area (TPSA) is 20.2 Å². The van der Waals surface area contributed by atoms with E-state index in [9.17, 15) is 0 Å². The molecule has 1 heteroatoms. The highest BCUT2D eigenvalue weighted by molar-refractivity contribution is 5.01. The van der Waals surface area contributed by atoms with Crippen LogP contribution in [-0.2, 0) is 0 Å². The minimum Gasteiger partial charge on any atom is -0.396 e. The van der Waals surface area contributed by atoms with Gasteiger partial charge in [0.25, 0.3) is 0 Å². The number of aliphatic hydroxyl groups excluding tert-OH is 1. The number of aliphatic hydroxyl groups is 1. The highest BCUT2D eigenvalue weighted by atomic mass is 16.2. The van der Waals surface area contributed by atoms with Crippen molar-refractivity contribution in [3.05, 3.63) is 11.6 Å². The summed E-state index contributed by atoms with van der Waals surface area (Å²) < 4.78 is 0. The zero-order chi connectivity index (χ0) is 10.8. The molecule has 0 spiro atoms. The normalized spacial score (nSPS) is 21.3. The van der Waals surface area contributed by atoms with E-state index in [0.717, 1.165) is 6.42 Å². The van der Waals surface area contributed by atoms with Crippen LogP contribution in [-0.4, -0.2) is 11.7 Å². The fourth-order valence-corrected chi connectivity index (χ4v) is 2.34. The van der Waals surface area contributed by atoms with Crippen LogP contribution in [0.1, 0.15) is 70.6 Å². The minimum absolute atomic E-state index is 0.325. The molecule has 0 radical (unpaired) electrons. The van der Waals surface area contributed by atoms with Crippen LogP contribution in [0.5, 0.6) is 0 Å². The standard InChI is InChI=1S/C14H26O/c15-13-12-14-10-8-6-4-2-1-3-5-7-9-11-14/h10,15H,1-9,11-13H2. The zero-order valence-electron chi connectivity index (χ0n) is 10.0. The van der Waals surface area contributed by atoms with Gasteiger partial charge in [0.15, 0.2) is 0 Å². The molecule has 1 nitrogen and oxygen atoms in total. The SMILES string of the molecule is OCCC1=CCCCCCCCCCC1. The molecule has 0 heterocycles. The van der Waals surface area contributed by atoms with E-state index < -0.39 is 0 Å². The Morgan fingerprint density at radius 3 is 2.13 bits per heavy atom. The third-order valence-corrected chi connectivity index (χ3v) is 3.32. The number of allylic oxidation sites excluding steroid dienone is 1. The summed E-state index contributed by atoms with van der Waals surface area (Å²) in [6, 6.07) is 0. The monoisotopic (exact) mass is 210 g/mol. The van der Waals surface area contributed by atoms with Crippen molar-refractivity contribution >= 4 is 0 Å². The Kier molecular flexibility index (Phi) is 7.63. The van der Waals surface area contributed by atoms with Crippen LogP contribution in [0.4, 0.5) is 0 Å². The lowest BCUT2D eigenvalue weighted by molar-refractivity contribution is 0.297. The summed E-state index contributed by atoms with van der Waals surface area (Å²) in [7, 11) is 0. The molecule has 0 saturated carbocycles. The lowest BCUT2D eigenvalue weighted by Crippen LogP contribution is -1.92. The molecule has 0 unspecified atom stereocenters. The first kappa shape index (κ1) is 12.8. The Morgan fingerprint density at radius 1 is 0.867 bits per heavy atom. The van der Waals surface area contributed by atoms with Gasteiger partial charge in [0.1, 0.15) is 0 Å². The quantitative estimate of drug-likeness (QED) is 0.677. The van der Waals surface area contributed by atoms with E-state index in [2.05, 4.69) is 6.08 Å². The molecule has 1 aliphatic carbocycles. The Bertz CT molecular complexity index is 172. The maximum atomic E-state index is 8.97. The summed E-state index contributed by atoms with van der Waals surface area (Å²) in [5.41, 5.74) is 1.50. The van der Waals surface area contributed by atoms with Gasteiger partial charge in [0.2, 0.25) is 0 Å². The third-order valence-electron chi connectivity index (χ3n) is 3.32. The Hall–Kier alpha value is -0.300. The fourth-order valence-electron chi connectivity index (χ4n) is 2.34. The smallest absolute Gasteiger partial charge is 0.0468 e. The highest BCUT2D eigenvalue weighted by Gasteiger charge is 1.99. The number of rotatable bonds is 2. The Labute approximate surface area is 94.6 Å². The van der Waals surface area contributed by atoms with Crippen molar-refractivity contribution in [1.29, 1.82) is 0 Å². The molecule has 0 bridgehead atoms. The second kappa shape index (κ2) is 8.96. The van der Waals surface area contributed by atoms with Crippen LogP contribution in [0.15, 0.2) is 11.6 Å². The van der Waals surface area contributed by atoms with Crippen molar-refractivity contribution in [2.75, 3.05) is 6.61 Å². The molecular formula is C14H26O. The predicted molar refractivity (Wildman–Crippen MR) is 66.0 cm³/mol. The van der Waals surface area contributed by atoms with Gasteiger partial charge in [-0.05, 0) is 32.1 Å². The van der Waals surface area contributed by atoms with Crippen LogP contribution in [0.3, 0.4) is 0 Å². The summed E-state index contributed by atoms with van der Waals surface area (Å²) in [6.45, 7) is 0.325. The first-order valence-corrected chi connectivity index (χ1v) is 6.72. The first-order chi connectivity index (χ1) is 7.43. The largest absolute Gasteiger partial charge is 0.396 e. The fraction of sp³-hybridized carbons (Fsp3) is 0.857. The second-order valence-corrected chi connectivity index (χ2v) is 4.70. The molecule has 1 N–H and O–H groups in total. The average molecular weight is 210 g/mol. The average Bonchev–Trinajstić information content (AvgIpc) is 2.22. The highest BCUT2D eigenvalue weighted by Crippen LogP contribution is 2.18. The molecule has 88 valence electrons. The Morgan fingerprint density at radius 2 is 1.47 bits per heavy atom. The van der Waals surface area contributed by atoms with Crippen LogP contribution in [0.25, 0.3) is 0 Å². The summed E-state index contributed by atoms with van der Waals surface area (Å²) in [5.74, 6) is 0. The van der Waals surface area contributed by atoms with E-state index in [-0.39, 0.29) is 0 Å². The van der Waals surface area contributed by atoms with Gasteiger partial charge in [-0.25, -0.2) is 0 Å². The second-order valence-electron chi connectivity index (χ2n) is 4.70. The van der Waals surface area contributed by atoms with E-state index in [1.807, 2.05) is 0 Å². The van der Waals surface area contributed by atoms with Crippen LogP contribution >= 0.6 is 0 Å². The van der Waals surface area contributed by atoms with Gasteiger partial charge in [-0.15, -0.1) is 0 Å². The minimum atomic E-state index is 0.325. The van der Waals surface area contributed by atoms with Gasteiger partial charge in [0, 0.05) is 6.61 Å². The van der Waals surface area contributed by atoms with E-state index >= 15 is 0 Å². The van der Waals surface area contributed by atoms with Crippen molar-refractivity contribution in [3.8, 4) is 0 Å². The third kappa shape index (κ3) is 6.72. The zero-order valence-corrected chi connectivity index (χ0v) is 10.0. The van der Waals surface area contributed by atoms with Gasteiger partial charge in [-0.3, -0.25) is 0 Å². The van der Waals surface area contributed by atoms with Crippen LogP contribution < -0.4 is 0 Å². The summed E-state index contributed by atoms with van der Waals surface area (Å²) in [6.07, 6.45) is 16.9. The van der Waals surface area contributed by atoms with Gasteiger partial charge in [0.05, 0.1) is 0 Å². The maximum Gasteiger partial charge on any atom is 0.0468 e. The van der Waals surface area contributed by atoms with Crippen LogP contribution in [0.2, 0.25) is 0 Å². The number of hydrogen-bond acceptors (Lipinski definition) is 1. The summed E-state index contributed by atoms with van der Waals surface area (Å²) in [4.78, 5) is 0. The molecule has 0 saturated heterocycles. The van der Waals surface area contributed by atoms with Gasteiger partial charge >= 0.3 is 0 Å². The van der Waals surface area contributed by atoms with Crippen molar-refractivity contribution < 1.29 is 5.11 Å². The molecule has 0 atom stereocenters. The summed E-state index contributed by atoms with van der Waals surface area (Å²) >= 11 is 0. The van der Waals surface area contributed by atoms with E-state index in [0.29, 0.717) is 6.61 Å². The first-order valence-electron chi connectivity index (χ1n) is 6.72. The van der Waals surface area contributed by atoms with Gasteiger partial charge in [-0.2, -0.15) is 0 Å². The van der Waals surface area contributed by atoms with Crippen molar-refractivity contribution in [1.82, 2.24) is 0 Å². The molecule has 0 amide bonds. The van der Waals surface area contributed by atoms with E-state index in [1.54, 1.807) is 0 Å². The lowest BCUT2D eigenvalue weighted by atomic mass is 9.99. The molecule has 1 aliphatic rings. The molecular weight excluding hydrogens is 184 g/mol. The molecule has 0 aromatic rings. The Balaban J connectivity index is 2.31. The molecule has 0 aliphatic heterocycles. The van der Waals surface area contributed by atoms with Crippen molar-refractivity contribution in [3.63, 3.8) is 0 Å². The van der Waals surface area contributed by atoms with Crippen LogP contribution in [0, 0.1) is 0 Å². The van der Waals surface area contributed by atoms with Crippen molar-refractivity contribution in [2.24, 2.45) is 0 Å². The lowest BCUT2D eigenvalue weighted by Gasteiger charge is -2.08. The summed E-state index contributed by atoms with van der Waals surface area (Å²) in [5, 5.41) is 8.97. The predicted octanol–water partition coefficient (Wildman–Crippen LogP) is 4.21. The number of hydrogen-bond donors (Lipinski definition) is 1. The van der Waals surface area contributed by atoms with E-state index in [1.165, 1.54) is 69.8 Å². The molecule has 0 fully saturated rings.